The van der Waals surface area contributed by atoms with Gasteiger partial charge in [0.2, 0.25) is 0 Å². The molecular formula is C24H22N2O3. The maximum absolute atomic E-state index is 11.3. The average molecular weight is 386 g/mol. The minimum Gasteiger partial charge on any atom is -0.488 e. The third-order valence-electron chi connectivity index (χ3n) is 5.08. The smallest absolute Gasteiger partial charge is 0.356 e. The van der Waals surface area contributed by atoms with Gasteiger partial charge in [-0.3, -0.25) is 4.98 Å². The Hall–Kier alpha value is -3.47. The molecule has 5 nitrogen and oxygen atoms in total. The van der Waals surface area contributed by atoms with Crippen molar-refractivity contribution in [3.8, 4) is 5.75 Å². The van der Waals surface area contributed by atoms with Crippen LogP contribution in [-0.2, 0) is 6.61 Å². The summed E-state index contributed by atoms with van der Waals surface area (Å²) >= 11 is 0. The van der Waals surface area contributed by atoms with Gasteiger partial charge in [-0.15, -0.1) is 0 Å². The van der Waals surface area contributed by atoms with Crippen LogP contribution in [0.3, 0.4) is 0 Å². The molecule has 1 heterocycles. The monoisotopic (exact) mass is 386 g/mol. The number of benzene rings is 2. The lowest BCUT2D eigenvalue weighted by Crippen LogP contribution is -2.04. The Morgan fingerprint density at radius 3 is 2.66 bits per heavy atom. The van der Waals surface area contributed by atoms with E-state index in [9.17, 15) is 9.90 Å². The first-order valence-corrected chi connectivity index (χ1v) is 9.67. The molecule has 4 rings (SSSR count). The quantitative estimate of drug-likeness (QED) is 0.634. The zero-order chi connectivity index (χ0) is 20.2. The molecule has 1 N–H and O–H groups in total. The SMILES string of the molecule is Cc1ccc(OCc2ccccc2)c(C2=C(c3cncc(C(=O)O)n3)CCC2)c1. The molecule has 0 atom stereocenters. The second-order valence-electron chi connectivity index (χ2n) is 7.18. The molecule has 0 saturated heterocycles. The van der Waals surface area contributed by atoms with Gasteiger partial charge in [-0.25, -0.2) is 9.78 Å². The lowest BCUT2D eigenvalue weighted by Gasteiger charge is -2.15. The first kappa shape index (κ1) is 18.9. The number of carboxylic acids is 1. The summed E-state index contributed by atoms with van der Waals surface area (Å²) in [5.74, 6) is -0.238. The third kappa shape index (κ3) is 4.19. The number of rotatable bonds is 6. The Balaban J connectivity index is 1.72. The van der Waals surface area contributed by atoms with Crippen LogP contribution in [-0.4, -0.2) is 21.0 Å². The fourth-order valence-electron chi connectivity index (χ4n) is 3.68. The molecule has 3 aromatic rings. The Kier molecular flexibility index (Phi) is 5.38. The number of carbonyl (C=O) groups is 1. The molecular weight excluding hydrogens is 364 g/mol. The number of aromatic nitrogens is 2. The van der Waals surface area contributed by atoms with E-state index in [1.54, 1.807) is 6.20 Å². The van der Waals surface area contributed by atoms with E-state index in [0.717, 1.165) is 52.8 Å². The summed E-state index contributed by atoms with van der Waals surface area (Å²) in [5.41, 5.74) is 6.12. The number of aromatic carboxylic acids is 1. The van der Waals surface area contributed by atoms with Crippen LogP contribution in [0, 0.1) is 6.92 Å². The van der Waals surface area contributed by atoms with E-state index in [1.807, 2.05) is 42.5 Å². The van der Waals surface area contributed by atoms with Crippen molar-refractivity contribution in [2.75, 3.05) is 0 Å². The number of nitrogens with zero attached hydrogens (tertiary/aromatic N) is 2. The molecule has 0 bridgehead atoms. The van der Waals surface area contributed by atoms with Gasteiger partial charge in [-0.05, 0) is 55.0 Å². The predicted octanol–water partition coefficient (Wildman–Crippen LogP) is 5.16. The van der Waals surface area contributed by atoms with Crippen molar-refractivity contribution < 1.29 is 14.6 Å². The van der Waals surface area contributed by atoms with Crippen LogP contribution >= 0.6 is 0 Å². The van der Waals surface area contributed by atoms with E-state index in [0.29, 0.717) is 12.3 Å². The maximum Gasteiger partial charge on any atom is 0.356 e. The molecule has 1 aliphatic carbocycles. The van der Waals surface area contributed by atoms with Crippen molar-refractivity contribution in [1.82, 2.24) is 9.97 Å². The van der Waals surface area contributed by atoms with Crippen LogP contribution in [0.15, 0.2) is 60.9 Å². The molecule has 2 aromatic carbocycles. The molecule has 0 saturated carbocycles. The van der Waals surface area contributed by atoms with Gasteiger partial charge in [0, 0.05) is 5.56 Å². The van der Waals surface area contributed by atoms with Gasteiger partial charge < -0.3 is 9.84 Å². The van der Waals surface area contributed by atoms with Crippen LogP contribution in [0.4, 0.5) is 0 Å². The minimum absolute atomic E-state index is 0.0361. The summed E-state index contributed by atoms with van der Waals surface area (Å²) < 4.78 is 6.17. The van der Waals surface area contributed by atoms with Crippen molar-refractivity contribution in [2.24, 2.45) is 0 Å². The lowest BCUT2D eigenvalue weighted by molar-refractivity contribution is 0.0690. The van der Waals surface area contributed by atoms with E-state index in [4.69, 9.17) is 4.74 Å². The molecule has 0 amide bonds. The number of aryl methyl sites for hydroxylation is 1. The molecule has 0 fully saturated rings. The van der Waals surface area contributed by atoms with Crippen molar-refractivity contribution in [3.63, 3.8) is 0 Å². The summed E-state index contributed by atoms with van der Waals surface area (Å²) in [6, 6.07) is 16.3. The van der Waals surface area contributed by atoms with Crippen LogP contribution in [0.2, 0.25) is 0 Å². The van der Waals surface area contributed by atoms with E-state index in [2.05, 4.69) is 23.0 Å². The fraction of sp³-hybridized carbons (Fsp3) is 0.208. The van der Waals surface area contributed by atoms with Gasteiger partial charge in [0.05, 0.1) is 18.1 Å². The van der Waals surface area contributed by atoms with Gasteiger partial charge in [0.15, 0.2) is 5.69 Å². The highest BCUT2D eigenvalue weighted by Crippen LogP contribution is 2.42. The topological polar surface area (TPSA) is 72.3 Å². The standard InChI is InChI=1S/C24H22N2O3/c1-16-10-11-23(29-15-17-6-3-2-4-7-17)20(12-16)18-8-5-9-19(18)21-13-25-14-22(26-21)24(27)28/h2-4,6-7,10-14H,5,8-9,15H2,1H3,(H,27,28). The van der Waals surface area contributed by atoms with Crippen LogP contribution in [0.25, 0.3) is 11.1 Å². The molecule has 5 heteroatoms. The molecule has 0 radical (unpaired) electrons. The number of carboxylic acid groups (broad SMARTS) is 1. The molecule has 1 aromatic heterocycles. The minimum atomic E-state index is -1.07. The predicted molar refractivity (Wildman–Crippen MR) is 112 cm³/mol. The molecule has 0 unspecified atom stereocenters. The Labute approximate surface area is 169 Å². The zero-order valence-corrected chi connectivity index (χ0v) is 16.3. The first-order valence-electron chi connectivity index (χ1n) is 9.67. The molecule has 1 aliphatic rings. The van der Waals surface area contributed by atoms with Crippen LogP contribution < -0.4 is 4.74 Å². The highest BCUT2D eigenvalue weighted by Gasteiger charge is 2.22. The highest BCUT2D eigenvalue weighted by atomic mass is 16.5. The first-order chi connectivity index (χ1) is 14.1. The second kappa shape index (κ2) is 8.27. The van der Waals surface area contributed by atoms with Crippen molar-refractivity contribution in [2.45, 2.75) is 32.8 Å². The van der Waals surface area contributed by atoms with Crippen molar-refractivity contribution in [1.29, 1.82) is 0 Å². The Bertz CT molecular complexity index is 1070. The van der Waals surface area contributed by atoms with Crippen LogP contribution in [0.5, 0.6) is 5.75 Å². The number of ether oxygens (including phenoxy) is 1. The molecule has 146 valence electrons. The summed E-state index contributed by atoms with van der Waals surface area (Å²) in [5, 5.41) is 9.26. The third-order valence-corrected chi connectivity index (χ3v) is 5.08. The second-order valence-corrected chi connectivity index (χ2v) is 7.18. The number of hydrogen-bond acceptors (Lipinski definition) is 4. The van der Waals surface area contributed by atoms with E-state index >= 15 is 0 Å². The molecule has 29 heavy (non-hydrogen) atoms. The van der Waals surface area contributed by atoms with Crippen molar-refractivity contribution >= 4 is 17.1 Å². The summed E-state index contributed by atoms with van der Waals surface area (Å²) in [4.78, 5) is 19.7. The van der Waals surface area contributed by atoms with Crippen LogP contribution in [0.1, 0.15) is 52.1 Å². The van der Waals surface area contributed by atoms with Gasteiger partial charge in [0.25, 0.3) is 0 Å². The Morgan fingerprint density at radius 1 is 1.07 bits per heavy atom. The lowest BCUT2D eigenvalue weighted by atomic mass is 9.97. The van der Waals surface area contributed by atoms with Gasteiger partial charge >= 0.3 is 5.97 Å². The number of hydrogen-bond donors (Lipinski definition) is 1. The highest BCUT2D eigenvalue weighted by molar-refractivity contribution is 5.94. The van der Waals surface area contributed by atoms with Gasteiger partial charge in [0.1, 0.15) is 12.4 Å². The summed E-state index contributed by atoms with van der Waals surface area (Å²) in [7, 11) is 0. The average Bonchev–Trinajstić information content (AvgIpc) is 3.23. The zero-order valence-electron chi connectivity index (χ0n) is 16.3. The normalized spacial score (nSPS) is 13.6. The Morgan fingerprint density at radius 2 is 1.86 bits per heavy atom. The summed E-state index contributed by atoms with van der Waals surface area (Å²) in [6.07, 6.45) is 5.67. The maximum atomic E-state index is 11.3. The largest absolute Gasteiger partial charge is 0.488 e. The molecule has 0 aliphatic heterocycles. The van der Waals surface area contributed by atoms with E-state index in [-0.39, 0.29) is 5.69 Å². The van der Waals surface area contributed by atoms with Gasteiger partial charge in [-0.2, -0.15) is 0 Å². The molecule has 0 spiro atoms. The van der Waals surface area contributed by atoms with E-state index < -0.39 is 5.97 Å². The van der Waals surface area contributed by atoms with E-state index in [1.165, 1.54) is 6.20 Å². The number of allylic oxidation sites excluding steroid dienone is 2. The van der Waals surface area contributed by atoms with Crippen molar-refractivity contribution in [3.05, 3.63) is 89.0 Å². The fourth-order valence-corrected chi connectivity index (χ4v) is 3.68. The van der Waals surface area contributed by atoms with Gasteiger partial charge in [-0.1, -0.05) is 42.0 Å². The summed E-state index contributed by atoms with van der Waals surface area (Å²) in [6.45, 7) is 2.55.